The summed E-state index contributed by atoms with van der Waals surface area (Å²) in [7, 11) is -4.01. The largest absolute Gasteiger partial charge is 0.322 e. The van der Waals surface area contributed by atoms with Crippen LogP contribution in [0.4, 0.5) is 11.4 Å². The summed E-state index contributed by atoms with van der Waals surface area (Å²) < 4.78 is 28.3. The van der Waals surface area contributed by atoms with Gasteiger partial charge >= 0.3 is 0 Å². The quantitative estimate of drug-likeness (QED) is 0.543. The molecule has 0 spiro atoms. The Morgan fingerprint density at radius 3 is 2.29 bits per heavy atom. The topological polar surface area (TPSA) is 99.1 Å². The highest BCUT2D eigenvalue weighted by Crippen LogP contribution is 2.26. The van der Waals surface area contributed by atoms with Crippen molar-refractivity contribution in [3.63, 3.8) is 0 Å². The minimum Gasteiger partial charge on any atom is -0.322 e. The predicted octanol–water partition coefficient (Wildman–Crippen LogP) is 5.08. The average Bonchev–Trinajstić information content (AvgIpc) is 2.72. The lowest BCUT2D eigenvalue weighted by Gasteiger charge is -2.12. The van der Waals surface area contributed by atoms with Crippen molar-refractivity contribution in [3.8, 4) is 6.07 Å². The summed E-state index contributed by atoms with van der Waals surface area (Å²) in [6.45, 7) is 3.82. The van der Waals surface area contributed by atoms with Crippen LogP contribution in [0.5, 0.6) is 0 Å². The van der Waals surface area contributed by atoms with E-state index < -0.39 is 15.9 Å². The van der Waals surface area contributed by atoms with E-state index in [9.17, 15) is 13.2 Å². The number of halogens is 1. The van der Waals surface area contributed by atoms with Gasteiger partial charge in [-0.1, -0.05) is 29.8 Å². The van der Waals surface area contributed by atoms with Gasteiger partial charge in [-0.2, -0.15) is 5.26 Å². The van der Waals surface area contributed by atoms with E-state index in [0.717, 1.165) is 16.7 Å². The van der Waals surface area contributed by atoms with Crippen molar-refractivity contribution in [1.82, 2.24) is 0 Å². The molecule has 8 heteroatoms. The van der Waals surface area contributed by atoms with E-state index in [1.807, 2.05) is 19.9 Å². The Balaban J connectivity index is 1.83. The summed E-state index contributed by atoms with van der Waals surface area (Å²) in [6, 6.07) is 18.2. The molecule has 0 aromatic heterocycles. The third kappa shape index (κ3) is 5.43. The maximum atomic E-state index is 12.9. The number of nitrogens with zero attached hydrogens (tertiary/aromatic N) is 1. The van der Waals surface area contributed by atoms with Gasteiger partial charge in [0.1, 0.15) is 4.90 Å². The normalized spacial score (nSPS) is 10.9. The monoisotopic (exact) mass is 453 g/mol. The average molecular weight is 454 g/mol. The number of amides is 1. The molecule has 0 aliphatic carbocycles. The highest BCUT2D eigenvalue weighted by molar-refractivity contribution is 7.92. The second-order valence-electron chi connectivity index (χ2n) is 7.04. The number of nitriles is 1. The van der Waals surface area contributed by atoms with E-state index in [1.165, 1.54) is 18.2 Å². The van der Waals surface area contributed by atoms with Crippen LogP contribution < -0.4 is 10.0 Å². The van der Waals surface area contributed by atoms with Crippen LogP contribution in [-0.2, 0) is 16.4 Å². The molecular weight excluding hydrogens is 434 g/mol. The van der Waals surface area contributed by atoms with E-state index in [1.54, 1.807) is 36.4 Å². The van der Waals surface area contributed by atoms with Gasteiger partial charge in [0, 0.05) is 16.9 Å². The number of nitrogens with one attached hydrogen (secondary N) is 2. The zero-order valence-corrected chi connectivity index (χ0v) is 18.5. The second kappa shape index (κ2) is 9.21. The van der Waals surface area contributed by atoms with Gasteiger partial charge in [0.2, 0.25) is 0 Å². The van der Waals surface area contributed by atoms with Crippen molar-refractivity contribution in [2.75, 3.05) is 10.0 Å². The van der Waals surface area contributed by atoms with Gasteiger partial charge in [-0.15, -0.1) is 0 Å². The first-order chi connectivity index (χ1) is 14.7. The van der Waals surface area contributed by atoms with Crippen LogP contribution in [-0.4, -0.2) is 14.3 Å². The summed E-state index contributed by atoms with van der Waals surface area (Å²) in [5.74, 6) is -0.479. The smallest absolute Gasteiger partial charge is 0.263 e. The molecule has 0 radical (unpaired) electrons. The van der Waals surface area contributed by atoms with E-state index in [4.69, 9.17) is 16.9 Å². The number of anilines is 2. The molecule has 0 saturated heterocycles. The molecule has 3 aromatic rings. The zero-order chi connectivity index (χ0) is 22.6. The SMILES string of the molecule is Cc1ccc(NS(=O)(=O)c2cc(C(=O)Nc3ccc(CC#N)cc3)ccc2Cl)cc1C. The molecule has 0 atom stereocenters. The second-order valence-corrected chi connectivity index (χ2v) is 9.09. The van der Waals surface area contributed by atoms with Gasteiger partial charge in [-0.25, -0.2) is 8.42 Å². The molecule has 3 aromatic carbocycles. The van der Waals surface area contributed by atoms with Crippen molar-refractivity contribution < 1.29 is 13.2 Å². The lowest BCUT2D eigenvalue weighted by molar-refractivity contribution is 0.102. The van der Waals surface area contributed by atoms with E-state index >= 15 is 0 Å². The van der Waals surface area contributed by atoms with Gasteiger partial charge in [-0.05, 0) is 73.0 Å². The summed E-state index contributed by atoms with van der Waals surface area (Å²) in [6.07, 6.45) is 0.278. The molecule has 0 aliphatic rings. The van der Waals surface area contributed by atoms with Crippen molar-refractivity contribution in [2.24, 2.45) is 0 Å². The first kappa shape index (κ1) is 22.3. The highest BCUT2D eigenvalue weighted by atomic mass is 35.5. The Kier molecular flexibility index (Phi) is 6.64. The Morgan fingerprint density at radius 1 is 0.968 bits per heavy atom. The fourth-order valence-corrected chi connectivity index (χ4v) is 4.44. The van der Waals surface area contributed by atoms with Crippen molar-refractivity contribution >= 4 is 38.9 Å². The minimum absolute atomic E-state index is 0.00809. The number of rotatable bonds is 6. The van der Waals surface area contributed by atoms with Gasteiger partial charge in [0.15, 0.2) is 0 Å². The van der Waals surface area contributed by atoms with Crippen LogP contribution in [0.2, 0.25) is 5.02 Å². The van der Waals surface area contributed by atoms with E-state index in [0.29, 0.717) is 11.4 Å². The third-order valence-electron chi connectivity index (χ3n) is 4.74. The maximum absolute atomic E-state index is 12.9. The van der Waals surface area contributed by atoms with E-state index in [-0.39, 0.29) is 21.9 Å². The zero-order valence-electron chi connectivity index (χ0n) is 16.9. The molecule has 6 nitrogen and oxygen atoms in total. The summed E-state index contributed by atoms with van der Waals surface area (Å²) in [5.41, 5.74) is 3.90. The molecule has 0 fully saturated rings. The molecule has 0 bridgehead atoms. The summed E-state index contributed by atoms with van der Waals surface area (Å²) >= 11 is 6.14. The lowest BCUT2D eigenvalue weighted by Crippen LogP contribution is -2.16. The van der Waals surface area contributed by atoms with Crippen LogP contribution in [0.15, 0.2) is 65.6 Å². The molecule has 31 heavy (non-hydrogen) atoms. The molecule has 2 N–H and O–H groups in total. The van der Waals surface area contributed by atoms with Gasteiger partial charge in [0.25, 0.3) is 15.9 Å². The number of carbonyl (C=O) groups is 1. The summed E-state index contributed by atoms with van der Waals surface area (Å²) in [5, 5.41) is 11.4. The molecule has 0 saturated carbocycles. The number of carbonyl (C=O) groups excluding carboxylic acids is 1. The first-order valence-corrected chi connectivity index (χ1v) is 11.2. The standard InChI is InChI=1S/C23H20ClN3O3S/c1-15-3-7-20(13-16(15)2)27-31(29,30)22-14-18(6-10-21(22)24)23(28)26-19-8-4-17(5-9-19)11-12-25/h3-10,13-14,27H,11H2,1-2H3,(H,26,28). The van der Waals surface area contributed by atoms with Gasteiger partial charge in [-0.3, -0.25) is 9.52 Å². The molecule has 3 rings (SSSR count). The third-order valence-corrected chi connectivity index (χ3v) is 6.60. The molecule has 0 heterocycles. The number of hydrogen-bond acceptors (Lipinski definition) is 4. The Morgan fingerprint density at radius 2 is 1.65 bits per heavy atom. The van der Waals surface area contributed by atoms with Crippen LogP contribution in [0, 0.1) is 25.2 Å². The molecular formula is C23H20ClN3O3S. The fraction of sp³-hybridized carbons (Fsp3) is 0.130. The Labute approximate surface area is 186 Å². The Hall–Kier alpha value is -3.34. The number of hydrogen-bond donors (Lipinski definition) is 2. The molecule has 158 valence electrons. The van der Waals surface area contributed by atoms with Crippen LogP contribution in [0.25, 0.3) is 0 Å². The minimum atomic E-state index is -4.01. The molecule has 0 aliphatic heterocycles. The van der Waals surface area contributed by atoms with Crippen LogP contribution in [0.3, 0.4) is 0 Å². The van der Waals surface area contributed by atoms with Crippen molar-refractivity contribution in [3.05, 3.63) is 87.9 Å². The number of aryl methyl sites for hydroxylation is 2. The maximum Gasteiger partial charge on any atom is 0.263 e. The fourth-order valence-electron chi connectivity index (χ4n) is 2.87. The lowest BCUT2D eigenvalue weighted by atomic mass is 10.1. The van der Waals surface area contributed by atoms with Crippen LogP contribution >= 0.6 is 11.6 Å². The highest BCUT2D eigenvalue weighted by Gasteiger charge is 2.21. The molecule has 0 unspecified atom stereocenters. The molecule has 1 amide bonds. The van der Waals surface area contributed by atoms with Gasteiger partial charge in [0.05, 0.1) is 17.5 Å². The summed E-state index contributed by atoms with van der Waals surface area (Å²) in [4.78, 5) is 12.4. The number of sulfonamides is 1. The van der Waals surface area contributed by atoms with Gasteiger partial charge < -0.3 is 5.32 Å². The first-order valence-electron chi connectivity index (χ1n) is 9.36. The predicted molar refractivity (Wildman–Crippen MR) is 122 cm³/mol. The van der Waals surface area contributed by atoms with Crippen molar-refractivity contribution in [1.29, 1.82) is 5.26 Å². The number of benzene rings is 3. The Bertz CT molecular complexity index is 1280. The van der Waals surface area contributed by atoms with Crippen LogP contribution in [0.1, 0.15) is 27.0 Å². The van der Waals surface area contributed by atoms with E-state index in [2.05, 4.69) is 16.1 Å². The van der Waals surface area contributed by atoms with Crippen molar-refractivity contribution in [2.45, 2.75) is 25.2 Å².